The van der Waals surface area contributed by atoms with Crippen LogP contribution in [0.15, 0.2) is 36.4 Å². The molecule has 0 radical (unpaired) electrons. The SMILES string of the molecule is COc1ccc([C@@]23C=C[C@@]4(CCCC[C@]24C)[C@H]2[C@H](O)OC(=O)[C@]23C)cc1. The Balaban J connectivity index is 1.82. The molecule has 2 bridgehead atoms. The van der Waals surface area contributed by atoms with Crippen LogP contribution in [0.2, 0.25) is 0 Å². The van der Waals surface area contributed by atoms with Gasteiger partial charge in [-0.15, -0.1) is 0 Å². The normalized spacial score (nSPS) is 48.2. The number of cyclic esters (lactones) is 1. The van der Waals surface area contributed by atoms with Crippen LogP contribution >= 0.6 is 0 Å². The van der Waals surface area contributed by atoms with Crippen LogP contribution < -0.4 is 4.74 Å². The van der Waals surface area contributed by atoms with Crippen LogP contribution in [0.25, 0.3) is 0 Å². The summed E-state index contributed by atoms with van der Waals surface area (Å²) in [6.07, 6.45) is 7.92. The summed E-state index contributed by atoms with van der Waals surface area (Å²) < 4.78 is 10.8. The highest BCUT2D eigenvalue weighted by molar-refractivity contribution is 5.85. The van der Waals surface area contributed by atoms with Crippen molar-refractivity contribution in [1.29, 1.82) is 0 Å². The monoisotopic (exact) mass is 354 g/mol. The molecular formula is C22H26O4. The smallest absolute Gasteiger partial charge is 0.315 e. The Morgan fingerprint density at radius 1 is 1.12 bits per heavy atom. The number of carbonyl (C=O) groups excluding carboxylic acids is 1. The Labute approximate surface area is 154 Å². The predicted molar refractivity (Wildman–Crippen MR) is 96.5 cm³/mol. The summed E-state index contributed by atoms with van der Waals surface area (Å²) in [6, 6.07) is 8.12. The number of aliphatic hydroxyl groups is 1. The van der Waals surface area contributed by atoms with Gasteiger partial charge in [0.2, 0.25) is 6.29 Å². The molecule has 4 nitrogen and oxygen atoms in total. The summed E-state index contributed by atoms with van der Waals surface area (Å²) >= 11 is 0. The summed E-state index contributed by atoms with van der Waals surface area (Å²) in [5, 5.41) is 10.8. The van der Waals surface area contributed by atoms with Gasteiger partial charge in [0.25, 0.3) is 0 Å². The Morgan fingerprint density at radius 3 is 2.50 bits per heavy atom. The Bertz CT molecular complexity index is 814. The molecule has 3 fully saturated rings. The molecule has 0 spiro atoms. The fourth-order valence-electron chi connectivity index (χ4n) is 7.50. The maximum Gasteiger partial charge on any atom is 0.315 e. The van der Waals surface area contributed by atoms with Crippen molar-refractivity contribution in [3.63, 3.8) is 0 Å². The van der Waals surface area contributed by atoms with Gasteiger partial charge in [-0.05, 0) is 42.9 Å². The minimum atomic E-state index is -1.02. The van der Waals surface area contributed by atoms with E-state index in [0.29, 0.717) is 0 Å². The van der Waals surface area contributed by atoms with Crippen LogP contribution in [0.5, 0.6) is 5.75 Å². The van der Waals surface area contributed by atoms with E-state index >= 15 is 0 Å². The molecular weight excluding hydrogens is 328 g/mol. The molecule has 1 N–H and O–H groups in total. The zero-order valence-electron chi connectivity index (χ0n) is 15.6. The van der Waals surface area contributed by atoms with Gasteiger partial charge in [-0.2, -0.15) is 0 Å². The van der Waals surface area contributed by atoms with Gasteiger partial charge < -0.3 is 14.6 Å². The summed E-state index contributed by atoms with van der Waals surface area (Å²) in [5.74, 6) is 0.353. The molecule has 1 saturated heterocycles. The van der Waals surface area contributed by atoms with E-state index in [-0.39, 0.29) is 22.7 Å². The number of esters is 1. The second-order valence-electron chi connectivity index (χ2n) is 8.93. The first-order chi connectivity index (χ1) is 12.4. The van der Waals surface area contributed by atoms with Gasteiger partial charge in [-0.25, -0.2) is 0 Å². The molecule has 1 aliphatic heterocycles. The number of carbonyl (C=O) groups is 1. The van der Waals surface area contributed by atoms with Crippen LogP contribution in [0.4, 0.5) is 0 Å². The van der Waals surface area contributed by atoms with E-state index < -0.39 is 17.1 Å². The molecule has 5 rings (SSSR count). The van der Waals surface area contributed by atoms with Crippen molar-refractivity contribution in [2.24, 2.45) is 22.2 Å². The van der Waals surface area contributed by atoms with Crippen molar-refractivity contribution in [1.82, 2.24) is 0 Å². The third-order valence-electron chi connectivity index (χ3n) is 8.52. The summed E-state index contributed by atoms with van der Waals surface area (Å²) in [4.78, 5) is 13.1. The molecule has 1 aromatic carbocycles. The second-order valence-corrected chi connectivity index (χ2v) is 8.93. The van der Waals surface area contributed by atoms with E-state index in [0.717, 1.165) is 37.0 Å². The van der Waals surface area contributed by atoms with Crippen LogP contribution in [-0.4, -0.2) is 24.5 Å². The van der Waals surface area contributed by atoms with Crippen LogP contribution in [-0.2, 0) is 14.9 Å². The highest BCUT2D eigenvalue weighted by atomic mass is 16.6. The summed E-state index contributed by atoms with van der Waals surface area (Å²) in [7, 11) is 1.66. The lowest BCUT2D eigenvalue weighted by molar-refractivity contribution is -0.167. The minimum absolute atomic E-state index is 0.104. The standard InChI is InChI=1S/C22H26O4/c1-19-10-4-5-11-21(19)12-13-22(19,14-6-8-15(25-3)9-7-14)20(2)16(21)17(23)26-18(20)24/h6-9,12-13,16-17,23H,4-5,10-11H2,1-3H3/t16-,17+,19-,20-,21-,22-/m0/s1. The average molecular weight is 354 g/mol. The van der Waals surface area contributed by atoms with E-state index in [2.05, 4.69) is 31.2 Å². The van der Waals surface area contributed by atoms with Crippen molar-refractivity contribution in [2.45, 2.75) is 51.2 Å². The zero-order valence-corrected chi connectivity index (χ0v) is 15.6. The first-order valence-corrected chi connectivity index (χ1v) is 9.61. The van der Waals surface area contributed by atoms with Gasteiger partial charge >= 0.3 is 5.97 Å². The zero-order chi connectivity index (χ0) is 18.4. The van der Waals surface area contributed by atoms with E-state index in [1.165, 1.54) is 0 Å². The quantitative estimate of drug-likeness (QED) is 0.651. The lowest BCUT2D eigenvalue weighted by atomic mass is 9.51. The van der Waals surface area contributed by atoms with Crippen LogP contribution in [0.3, 0.4) is 0 Å². The fraction of sp³-hybridized carbons (Fsp3) is 0.591. The molecule has 0 aromatic heterocycles. The lowest BCUT2D eigenvalue weighted by Crippen LogP contribution is -2.51. The molecule has 0 amide bonds. The number of hydrogen-bond donors (Lipinski definition) is 1. The number of fused-ring (bicyclic) bond motifs is 2. The van der Waals surface area contributed by atoms with Crippen molar-refractivity contribution < 1.29 is 19.4 Å². The molecule has 0 unspecified atom stereocenters. The molecule has 2 saturated carbocycles. The molecule has 26 heavy (non-hydrogen) atoms. The molecule has 3 aliphatic carbocycles. The molecule has 4 aliphatic rings. The first kappa shape index (κ1) is 16.4. The van der Waals surface area contributed by atoms with Gasteiger partial charge in [0.05, 0.1) is 12.5 Å². The van der Waals surface area contributed by atoms with E-state index in [1.807, 2.05) is 19.1 Å². The summed E-state index contributed by atoms with van der Waals surface area (Å²) in [5.41, 5.74) is -0.393. The third-order valence-corrected chi connectivity index (χ3v) is 8.52. The van der Waals surface area contributed by atoms with E-state index in [4.69, 9.17) is 9.47 Å². The van der Waals surface area contributed by atoms with Crippen LogP contribution in [0.1, 0.15) is 45.1 Å². The predicted octanol–water partition coefficient (Wildman–Crippen LogP) is 3.58. The van der Waals surface area contributed by atoms with Gasteiger partial charge in [-0.3, -0.25) is 4.79 Å². The molecule has 138 valence electrons. The Kier molecular flexibility index (Phi) is 2.97. The van der Waals surface area contributed by atoms with Gasteiger partial charge in [0.1, 0.15) is 5.75 Å². The van der Waals surface area contributed by atoms with Gasteiger partial charge in [0, 0.05) is 16.7 Å². The molecule has 4 heteroatoms. The maximum atomic E-state index is 13.1. The molecule has 6 atom stereocenters. The van der Waals surface area contributed by atoms with Crippen molar-refractivity contribution in [3.05, 3.63) is 42.0 Å². The fourth-order valence-corrected chi connectivity index (χ4v) is 7.50. The number of rotatable bonds is 2. The topological polar surface area (TPSA) is 55.8 Å². The van der Waals surface area contributed by atoms with E-state index in [9.17, 15) is 9.90 Å². The average Bonchev–Trinajstić information content (AvgIpc) is 3.11. The minimum Gasteiger partial charge on any atom is -0.497 e. The Hall–Kier alpha value is -1.81. The highest BCUT2D eigenvalue weighted by Gasteiger charge is 2.86. The van der Waals surface area contributed by atoms with Gasteiger partial charge in [0.15, 0.2) is 0 Å². The largest absolute Gasteiger partial charge is 0.497 e. The number of allylic oxidation sites excluding steroid dienone is 2. The van der Waals surface area contributed by atoms with E-state index in [1.54, 1.807) is 7.11 Å². The second kappa shape index (κ2) is 4.72. The van der Waals surface area contributed by atoms with Crippen molar-refractivity contribution in [2.75, 3.05) is 7.11 Å². The maximum absolute atomic E-state index is 13.1. The van der Waals surface area contributed by atoms with Crippen LogP contribution in [0, 0.1) is 22.2 Å². The van der Waals surface area contributed by atoms with Gasteiger partial charge in [-0.1, -0.05) is 44.1 Å². The lowest BCUT2D eigenvalue weighted by Gasteiger charge is -2.52. The Morgan fingerprint density at radius 2 is 1.81 bits per heavy atom. The number of hydrogen-bond acceptors (Lipinski definition) is 4. The molecule has 1 heterocycles. The number of ether oxygens (including phenoxy) is 2. The highest BCUT2D eigenvalue weighted by Crippen LogP contribution is 2.83. The van der Waals surface area contributed by atoms with Crippen molar-refractivity contribution in [3.8, 4) is 5.75 Å². The summed E-state index contributed by atoms with van der Waals surface area (Å²) in [6.45, 7) is 4.36. The number of methoxy groups -OCH3 is 1. The first-order valence-electron chi connectivity index (χ1n) is 9.61. The number of aliphatic hydroxyl groups excluding tert-OH is 1. The van der Waals surface area contributed by atoms with Crippen molar-refractivity contribution >= 4 is 5.97 Å². The third kappa shape index (κ3) is 1.37. The number of benzene rings is 1. The molecule has 1 aromatic rings.